The quantitative estimate of drug-likeness (QED) is 0.585. The van der Waals surface area contributed by atoms with Crippen molar-refractivity contribution in [2.75, 3.05) is 6.54 Å². The number of aromatic nitrogens is 1. The summed E-state index contributed by atoms with van der Waals surface area (Å²) in [5, 5.41) is 13.9. The first kappa shape index (κ1) is 23.7. The molecule has 0 saturated carbocycles. The minimum atomic E-state index is -0.959. The molecule has 0 aliphatic rings. The number of hydrogen-bond donors (Lipinski definition) is 2. The molecule has 30 heavy (non-hydrogen) atoms. The molecule has 2 aromatic rings. The average molecular weight is 434 g/mol. The van der Waals surface area contributed by atoms with E-state index in [2.05, 4.69) is 16.4 Å². The summed E-state index contributed by atoms with van der Waals surface area (Å²) in [6.07, 6.45) is 2.00. The Hall–Kier alpha value is -2.61. The van der Waals surface area contributed by atoms with Crippen molar-refractivity contribution >= 4 is 29.1 Å². The summed E-state index contributed by atoms with van der Waals surface area (Å²) >= 11 is 1.33. The number of aromatic carboxylic acids is 1. The van der Waals surface area contributed by atoms with E-state index >= 15 is 0 Å². The summed E-state index contributed by atoms with van der Waals surface area (Å²) in [6.45, 7) is 10.6. The van der Waals surface area contributed by atoms with Gasteiger partial charge in [-0.2, -0.15) is 0 Å². The lowest BCUT2D eigenvalue weighted by atomic mass is 10.1. The summed E-state index contributed by atoms with van der Waals surface area (Å²) in [5.41, 5.74) is 2.79. The second-order valence-electron chi connectivity index (χ2n) is 8.31. The predicted molar refractivity (Wildman–Crippen MR) is 118 cm³/mol. The molecule has 0 saturated heterocycles. The highest BCUT2D eigenvalue weighted by atomic mass is 32.1. The van der Waals surface area contributed by atoms with Gasteiger partial charge in [-0.25, -0.2) is 14.6 Å². The van der Waals surface area contributed by atoms with E-state index in [1.807, 2.05) is 46.8 Å². The highest BCUT2D eigenvalue weighted by Crippen LogP contribution is 2.17. The zero-order valence-electron chi connectivity index (χ0n) is 18.3. The van der Waals surface area contributed by atoms with Crippen LogP contribution < -0.4 is 10.1 Å². The van der Waals surface area contributed by atoms with Crippen LogP contribution >= 0.6 is 11.3 Å². The number of carbonyl (C=O) groups is 2. The zero-order chi connectivity index (χ0) is 22.3. The van der Waals surface area contributed by atoms with Crippen LogP contribution in [0.4, 0.5) is 10.5 Å². The van der Waals surface area contributed by atoms with Gasteiger partial charge in [0.15, 0.2) is 4.80 Å². The summed E-state index contributed by atoms with van der Waals surface area (Å²) in [5.74, 6) is -0.959. The fraction of sp³-hybridized carbons (Fsp3) is 0.500. The van der Waals surface area contributed by atoms with Gasteiger partial charge < -0.3 is 19.7 Å². The van der Waals surface area contributed by atoms with E-state index in [9.17, 15) is 14.7 Å². The fourth-order valence-corrected chi connectivity index (χ4v) is 3.93. The topological polar surface area (TPSA) is 92.9 Å². The van der Waals surface area contributed by atoms with E-state index in [1.54, 1.807) is 9.95 Å². The molecular weight excluding hydrogens is 402 g/mol. The third-order valence-electron chi connectivity index (χ3n) is 4.17. The maximum absolute atomic E-state index is 11.7. The number of hydrogen-bond acceptors (Lipinski definition) is 5. The van der Waals surface area contributed by atoms with Crippen molar-refractivity contribution in [1.29, 1.82) is 0 Å². The predicted octanol–water partition coefficient (Wildman–Crippen LogP) is 4.79. The fourth-order valence-electron chi connectivity index (χ4n) is 3.01. The lowest BCUT2D eigenvalue weighted by Crippen LogP contribution is -2.33. The molecule has 0 bridgehead atoms. The summed E-state index contributed by atoms with van der Waals surface area (Å²) in [6, 6.07) is 6.05. The first-order valence-corrected chi connectivity index (χ1v) is 10.9. The van der Waals surface area contributed by atoms with Crippen molar-refractivity contribution in [3.05, 3.63) is 45.2 Å². The molecule has 164 valence electrons. The van der Waals surface area contributed by atoms with Crippen LogP contribution in [0.1, 0.15) is 61.6 Å². The second-order valence-corrected chi connectivity index (χ2v) is 9.14. The average Bonchev–Trinajstić information content (AvgIpc) is 2.98. The van der Waals surface area contributed by atoms with Gasteiger partial charge in [-0.3, -0.25) is 0 Å². The molecule has 8 heteroatoms. The molecule has 7 nitrogen and oxygen atoms in total. The monoisotopic (exact) mass is 433 g/mol. The summed E-state index contributed by atoms with van der Waals surface area (Å²) < 4.78 is 6.96. The Balaban J connectivity index is 1.98. The number of aryl methyl sites for hydroxylation is 2. The van der Waals surface area contributed by atoms with Crippen molar-refractivity contribution in [2.24, 2.45) is 4.99 Å². The number of thiazole rings is 1. The molecule has 0 radical (unpaired) electrons. The number of amides is 1. The van der Waals surface area contributed by atoms with E-state index in [0.717, 1.165) is 36.1 Å². The lowest BCUT2D eigenvalue weighted by molar-refractivity contribution is 0.0526. The van der Waals surface area contributed by atoms with Gasteiger partial charge in [0.05, 0.1) is 5.69 Å². The number of ether oxygens (including phenoxy) is 1. The molecule has 0 fully saturated rings. The van der Waals surface area contributed by atoms with Crippen LogP contribution in [0.15, 0.2) is 28.6 Å². The van der Waals surface area contributed by atoms with Gasteiger partial charge in [-0.1, -0.05) is 6.07 Å². The molecule has 1 aromatic carbocycles. The number of nitrogens with zero attached hydrogens (tertiary/aromatic N) is 2. The minimum Gasteiger partial charge on any atom is -0.477 e. The van der Waals surface area contributed by atoms with E-state index in [0.29, 0.717) is 17.9 Å². The summed E-state index contributed by atoms with van der Waals surface area (Å²) in [7, 11) is 0. The van der Waals surface area contributed by atoms with Crippen LogP contribution in [0, 0.1) is 13.8 Å². The van der Waals surface area contributed by atoms with E-state index < -0.39 is 17.7 Å². The van der Waals surface area contributed by atoms with Crippen molar-refractivity contribution in [3.63, 3.8) is 0 Å². The van der Waals surface area contributed by atoms with E-state index in [4.69, 9.17) is 4.74 Å². The van der Waals surface area contributed by atoms with Crippen molar-refractivity contribution in [3.8, 4) is 0 Å². The van der Waals surface area contributed by atoms with Gasteiger partial charge in [-0.05, 0) is 77.1 Å². The molecule has 0 unspecified atom stereocenters. The van der Waals surface area contributed by atoms with Gasteiger partial charge in [0, 0.05) is 18.5 Å². The Morgan fingerprint density at radius 2 is 1.80 bits per heavy atom. The normalized spacial score (nSPS) is 12.1. The van der Waals surface area contributed by atoms with Gasteiger partial charge in [0.25, 0.3) is 0 Å². The van der Waals surface area contributed by atoms with Crippen LogP contribution in [0.2, 0.25) is 0 Å². The third-order valence-corrected chi connectivity index (χ3v) is 5.04. The number of benzene rings is 1. The molecule has 2 rings (SSSR count). The van der Waals surface area contributed by atoms with Crippen molar-refractivity contribution in [1.82, 2.24) is 9.88 Å². The van der Waals surface area contributed by atoms with Crippen LogP contribution in [-0.2, 0) is 11.3 Å². The van der Waals surface area contributed by atoms with Gasteiger partial charge >= 0.3 is 12.1 Å². The molecule has 0 aliphatic carbocycles. The number of rotatable bonds is 8. The molecule has 0 atom stereocenters. The van der Waals surface area contributed by atoms with Gasteiger partial charge in [0.2, 0.25) is 0 Å². The standard InChI is InChI=1S/C22H31N3O4S/c1-15-11-16(2)13-17(12-15)24-20-25(18(14-30-20)19(26)27)10-8-6-7-9-23-21(28)29-22(3,4)5/h11-14H,6-10H2,1-5H3,(H,23,28)(H,26,27). The number of carbonyl (C=O) groups excluding carboxylic acids is 1. The highest BCUT2D eigenvalue weighted by molar-refractivity contribution is 7.07. The number of unbranched alkanes of at least 4 members (excludes halogenated alkanes) is 2. The van der Waals surface area contributed by atoms with Crippen LogP contribution in [-0.4, -0.2) is 33.9 Å². The number of carboxylic acid groups (broad SMARTS) is 1. The van der Waals surface area contributed by atoms with Crippen LogP contribution in [0.3, 0.4) is 0 Å². The van der Waals surface area contributed by atoms with Crippen LogP contribution in [0.25, 0.3) is 0 Å². The Morgan fingerprint density at radius 3 is 2.40 bits per heavy atom. The first-order valence-electron chi connectivity index (χ1n) is 10.1. The molecule has 1 amide bonds. The first-order chi connectivity index (χ1) is 14.0. The SMILES string of the molecule is Cc1cc(C)cc(N=c2scc(C(=O)O)n2CCCCCNC(=O)OC(C)(C)C)c1. The molecule has 1 aromatic heterocycles. The number of alkyl carbamates (subject to hydrolysis) is 1. The highest BCUT2D eigenvalue weighted by Gasteiger charge is 2.15. The summed E-state index contributed by atoms with van der Waals surface area (Å²) in [4.78, 5) is 28.6. The molecule has 0 spiro atoms. The maximum atomic E-state index is 11.7. The molecule has 2 N–H and O–H groups in total. The molecular formula is C22H31N3O4S. The third kappa shape index (κ3) is 7.67. The molecule has 1 heterocycles. The number of nitrogens with one attached hydrogen (secondary N) is 1. The van der Waals surface area contributed by atoms with E-state index in [1.165, 1.54) is 11.3 Å². The number of carboxylic acids is 1. The van der Waals surface area contributed by atoms with Gasteiger partial charge in [0.1, 0.15) is 11.3 Å². The zero-order valence-corrected chi connectivity index (χ0v) is 19.1. The Morgan fingerprint density at radius 1 is 1.13 bits per heavy atom. The lowest BCUT2D eigenvalue weighted by Gasteiger charge is -2.19. The van der Waals surface area contributed by atoms with E-state index in [-0.39, 0.29) is 5.69 Å². The second kappa shape index (κ2) is 10.4. The largest absolute Gasteiger partial charge is 0.477 e. The van der Waals surface area contributed by atoms with Gasteiger partial charge in [-0.15, -0.1) is 11.3 Å². The Labute approximate surface area is 181 Å². The van der Waals surface area contributed by atoms with Crippen molar-refractivity contribution in [2.45, 2.75) is 66.0 Å². The van der Waals surface area contributed by atoms with Crippen LogP contribution in [0.5, 0.6) is 0 Å². The Bertz CT molecular complexity index is 934. The Kier molecular flexibility index (Phi) is 8.23. The molecule has 0 aliphatic heterocycles. The van der Waals surface area contributed by atoms with Crippen molar-refractivity contribution < 1.29 is 19.4 Å². The maximum Gasteiger partial charge on any atom is 0.407 e. The minimum absolute atomic E-state index is 0.245. The smallest absolute Gasteiger partial charge is 0.407 e.